The Labute approximate surface area is 124 Å². The van der Waals surface area contributed by atoms with E-state index in [1.807, 2.05) is 18.2 Å². The maximum Gasteiger partial charge on any atom is 0.223 e. The molecule has 1 N–H and O–H groups in total. The lowest BCUT2D eigenvalue weighted by molar-refractivity contribution is -0.128. The average molecular weight is 291 g/mol. The molecular weight excluding hydrogens is 270 g/mol. The van der Waals surface area contributed by atoms with Gasteiger partial charge in [0, 0.05) is 25.3 Å². The molecule has 5 heteroatoms. The molecule has 0 spiro atoms. The predicted molar refractivity (Wildman–Crippen MR) is 78.4 cm³/mol. The van der Waals surface area contributed by atoms with Crippen molar-refractivity contribution < 1.29 is 19.1 Å². The molecule has 0 heterocycles. The first-order valence-electron chi connectivity index (χ1n) is 7.14. The molecular formula is C16H21NO4. The predicted octanol–water partition coefficient (Wildman–Crippen LogP) is 2.08. The second kappa shape index (κ2) is 7.11. The van der Waals surface area contributed by atoms with E-state index < -0.39 is 0 Å². The first-order chi connectivity index (χ1) is 10.1. The molecule has 5 nitrogen and oxygen atoms in total. The van der Waals surface area contributed by atoms with Crippen molar-refractivity contribution in [1.29, 1.82) is 0 Å². The summed E-state index contributed by atoms with van der Waals surface area (Å²) in [5, 5.41) is 2.93. The maximum absolute atomic E-state index is 12.1. The monoisotopic (exact) mass is 291 g/mol. The highest BCUT2D eigenvalue weighted by Crippen LogP contribution is 2.27. The van der Waals surface area contributed by atoms with Crippen molar-refractivity contribution in [3.05, 3.63) is 23.8 Å². The number of hydrogen-bond acceptors (Lipinski definition) is 4. The number of benzene rings is 1. The Morgan fingerprint density at radius 1 is 1.19 bits per heavy atom. The number of Topliss-reactive ketones (excluding diaryl/α,β-unsaturated/α-hetero) is 1. The minimum absolute atomic E-state index is 0.0253. The second-order valence-corrected chi connectivity index (χ2v) is 5.22. The normalized spacial score (nSPS) is 15.6. The number of ketones is 1. The van der Waals surface area contributed by atoms with E-state index in [9.17, 15) is 9.59 Å². The Morgan fingerprint density at radius 2 is 1.86 bits per heavy atom. The molecule has 1 aliphatic rings. The summed E-state index contributed by atoms with van der Waals surface area (Å²) < 4.78 is 10.4. The molecule has 0 unspecified atom stereocenters. The van der Waals surface area contributed by atoms with Gasteiger partial charge in [0.05, 0.1) is 14.2 Å². The van der Waals surface area contributed by atoms with E-state index in [1.165, 1.54) is 0 Å². The minimum atomic E-state index is -0.0390. The van der Waals surface area contributed by atoms with E-state index in [4.69, 9.17) is 9.47 Å². The van der Waals surface area contributed by atoms with Crippen molar-refractivity contribution in [3.8, 4) is 11.5 Å². The second-order valence-electron chi connectivity index (χ2n) is 5.22. The van der Waals surface area contributed by atoms with Crippen LogP contribution in [0, 0.1) is 5.92 Å². The number of nitrogens with one attached hydrogen (secondary N) is 1. The number of amides is 1. The molecule has 0 aromatic heterocycles. The zero-order chi connectivity index (χ0) is 15.2. The number of hydrogen-bond donors (Lipinski definition) is 1. The fourth-order valence-corrected chi connectivity index (χ4v) is 2.53. The molecule has 0 atom stereocenters. The quantitative estimate of drug-likeness (QED) is 0.902. The molecule has 0 radical (unpaired) electrons. The van der Waals surface area contributed by atoms with Gasteiger partial charge in [-0.15, -0.1) is 0 Å². The van der Waals surface area contributed by atoms with Gasteiger partial charge in [-0.25, -0.2) is 0 Å². The Kier molecular flexibility index (Phi) is 5.20. The van der Waals surface area contributed by atoms with Crippen molar-refractivity contribution in [2.45, 2.75) is 32.2 Å². The molecule has 0 saturated heterocycles. The van der Waals surface area contributed by atoms with Gasteiger partial charge in [-0.3, -0.25) is 9.59 Å². The smallest absolute Gasteiger partial charge is 0.223 e. The van der Waals surface area contributed by atoms with Crippen LogP contribution in [0.25, 0.3) is 0 Å². The van der Waals surface area contributed by atoms with Gasteiger partial charge in [0.25, 0.3) is 0 Å². The molecule has 1 amide bonds. The first-order valence-corrected chi connectivity index (χ1v) is 7.14. The fraction of sp³-hybridized carbons (Fsp3) is 0.500. The van der Waals surface area contributed by atoms with Gasteiger partial charge >= 0.3 is 0 Å². The van der Waals surface area contributed by atoms with Gasteiger partial charge in [-0.2, -0.15) is 0 Å². The Bertz CT molecular complexity index is 517. The number of carbonyl (C=O) groups is 2. The van der Waals surface area contributed by atoms with E-state index >= 15 is 0 Å². The summed E-state index contributed by atoms with van der Waals surface area (Å²) in [6.07, 6.45) is 2.37. The van der Waals surface area contributed by atoms with E-state index in [0.717, 1.165) is 5.56 Å². The lowest BCUT2D eigenvalue weighted by Gasteiger charge is -2.20. The highest BCUT2D eigenvalue weighted by Gasteiger charge is 2.24. The number of ether oxygens (including phenoxy) is 2. The summed E-state index contributed by atoms with van der Waals surface area (Å²) in [7, 11) is 3.17. The van der Waals surface area contributed by atoms with Crippen LogP contribution in [0.5, 0.6) is 11.5 Å². The Balaban J connectivity index is 1.90. The molecule has 1 aromatic rings. The van der Waals surface area contributed by atoms with Crippen LogP contribution < -0.4 is 14.8 Å². The summed E-state index contributed by atoms with van der Waals surface area (Å²) in [6.45, 7) is 0.448. The molecule has 1 aliphatic carbocycles. The molecule has 1 aromatic carbocycles. The van der Waals surface area contributed by atoms with Crippen LogP contribution in [0.3, 0.4) is 0 Å². The van der Waals surface area contributed by atoms with Gasteiger partial charge in [-0.1, -0.05) is 6.07 Å². The van der Waals surface area contributed by atoms with E-state index in [2.05, 4.69) is 5.32 Å². The van der Waals surface area contributed by atoms with Crippen LogP contribution in [-0.4, -0.2) is 25.9 Å². The van der Waals surface area contributed by atoms with Crippen molar-refractivity contribution in [3.63, 3.8) is 0 Å². The number of carbonyl (C=O) groups excluding carboxylic acids is 2. The largest absolute Gasteiger partial charge is 0.493 e. The average Bonchev–Trinajstić information content (AvgIpc) is 2.52. The number of rotatable bonds is 5. The molecule has 114 valence electrons. The van der Waals surface area contributed by atoms with Gasteiger partial charge in [-0.05, 0) is 30.5 Å². The molecule has 0 bridgehead atoms. The third kappa shape index (κ3) is 3.97. The Morgan fingerprint density at radius 3 is 2.48 bits per heavy atom. The molecule has 0 aliphatic heterocycles. The number of methoxy groups -OCH3 is 2. The van der Waals surface area contributed by atoms with Crippen molar-refractivity contribution in [2.24, 2.45) is 5.92 Å². The van der Waals surface area contributed by atoms with Crippen LogP contribution in [0.2, 0.25) is 0 Å². The van der Waals surface area contributed by atoms with Gasteiger partial charge in [0.2, 0.25) is 5.91 Å². The minimum Gasteiger partial charge on any atom is -0.493 e. The maximum atomic E-state index is 12.1. The zero-order valence-electron chi connectivity index (χ0n) is 12.5. The summed E-state index contributed by atoms with van der Waals surface area (Å²) in [6, 6.07) is 5.56. The highest BCUT2D eigenvalue weighted by atomic mass is 16.5. The van der Waals surface area contributed by atoms with Crippen LogP contribution in [0.4, 0.5) is 0 Å². The van der Waals surface area contributed by atoms with E-state index in [1.54, 1.807) is 14.2 Å². The first kappa shape index (κ1) is 15.4. The van der Waals surface area contributed by atoms with Crippen LogP contribution >= 0.6 is 0 Å². The summed E-state index contributed by atoms with van der Waals surface area (Å²) in [5.74, 6) is 1.56. The molecule has 21 heavy (non-hydrogen) atoms. The van der Waals surface area contributed by atoms with Gasteiger partial charge < -0.3 is 14.8 Å². The van der Waals surface area contributed by atoms with Gasteiger partial charge in [0.15, 0.2) is 11.5 Å². The Hall–Kier alpha value is -2.04. The standard InChI is InChI=1S/C16H21NO4/c1-20-14-8-3-11(9-15(14)21-2)10-17-16(19)12-4-6-13(18)7-5-12/h3,8-9,12H,4-7,10H2,1-2H3,(H,17,19). The van der Waals surface area contributed by atoms with Crippen LogP contribution in [-0.2, 0) is 16.1 Å². The lowest BCUT2D eigenvalue weighted by Crippen LogP contribution is -2.32. The van der Waals surface area contributed by atoms with Crippen LogP contribution in [0.15, 0.2) is 18.2 Å². The zero-order valence-corrected chi connectivity index (χ0v) is 12.5. The summed E-state index contributed by atoms with van der Waals surface area (Å²) >= 11 is 0. The summed E-state index contributed by atoms with van der Waals surface area (Å²) in [4.78, 5) is 23.3. The van der Waals surface area contributed by atoms with Crippen molar-refractivity contribution >= 4 is 11.7 Å². The fourth-order valence-electron chi connectivity index (χ4n) is 2.53. The molecule has 2 rings (SSSR count). The topological polar surface area (TPSA) is 64.6 Å². The van der Waals surface area contributed by atoms with E-state index in [-0.39, 0.29) is 17.6 Å². The van der Waals surface area contributed by atoms with E-state index in [0.29, 0.717) is 43.7 Å². The lowest BCUT2D eigenvalue weighted by atomic mass is 9.88. The van der Waals surface area contributed by atoms with Gasteiger partial charge in [0.1, 0.15) is 5.78 Å². The third-order valence-electron chi connectivity index (χ3n) is 3.83. The third-order valence-corrected chi connectivity index (χ3v) is 3.83. The van der Waals surface area contributed by atoms with Crippen molar-refractivity contribution in [1.82, 2.24) is 5.32 Å². The molecule has 1 fully saturated rings. The molecule has 1 saturated carbocycles. The van der Waals surface area contributed by atoms with Crippen molar-refractivity contribution in [2.75, 3.05) is 14.2 Å². The SMILES string of the molecule is COc1ccc(CNC(=O)C2CCC(=O)CC2)cc1OC. The van der Waals surface area contributed by atoms with Crippen LogP contribution in [0.1, 0.15) is 31.2 Å². The summed E-state index contributed by atoms with van der Waals surface area (Å²) in [5.41, 5.74) is 0.952. The highest BCUT2D eigenvalue weighted by molar-refractivity contribution is 5.84.